The summed E-state index contributed by atoms with van der Waals surface area (Å²) in [6.45, 7) is 1.74. The summed E-state index contributed by atoms with van der Waals surface area (Å²) in [6, 6.07) is 6.69. The molecule has 1 unspecified atom stereocenters. The predicted molar refractivity (Wildman–Crippen MR) is 78.3 cm³/mol. The summed E-state index contributed by atoms with van der Waals surface area (Å²) >= 11 is 0. The van der Waals surface area contributed by atoms with Crippen molar-refractivity contribution in [3.8, 4) is 0 Å². The Morgan fingerprint density at radius 3 is 2.67 bits per heavy atom. The van der Waals surface area contributed by atoms with Crippen LogP contribution in [0.15, 0.2) is 24.3 Å². The number of nitro groups is 1. The molecule has 0 amide bonds. The van der Waals surface area contributed by atoms with Gasteiger partial charge in [-0.3, -0.25) is 19.8 Å². The number of carboxylic acid groups (broad SMARTS) is 1. The van der Waals surface area contributed by atoms with Crippen molar-refractivity contribution in [3.05, 3.63) is 39.9 Å². The topological polar surface area (TPSA) is 83.7 Å². The molecule has 21 heavy (non-hydrogen) atoms. The second kappa shape index (κ2) is 7.17. The van der Waals surface area contributed by atoms with Crippen LogP contribution in [0.25, 0.3) is 0 Å². The van der Waals surface area contributed by atoms with E-state index >= 15 is 0 Å². The number of hydrogen-bond acceptors (Lipinski definition) is 4. The SMILES string of the molecule is O=C(O)CC1CCCCN1CCc1ccc([N+](=O)[O-])cc1. The summed E-state index contributed by atoms with van der Waals surface area (Å²) in [7, 11) is 0. The third-order valence-corrected chi connectivity index (χ3v) is 3.99. The number of carbonyl (C=O) groups is 1. The lowest BCUT2D eigenvalue weighted by atomic mass is 9.98. The molecule has 6 heteroatoms. The van der Waals surface area contributed by atoms with Gasteiger partial charge < -0.3 is 5.11 Å². The fraction of sp³-hybridized carbons (Fsp3) is 0.533. The molecule has 2 rings (SSSR count). The van der Waals surface area contributed by atoms with E-state index in [-0.39, 0.29) is 18.2 Å². The zero-order valence-electron chi connectivity index (χ0n) is 11.9. The minimum Gasteiger partial charge on any atom is -0.481 e. The molecule has 1 N–H and O–H groups in total. The van der Waals surface area contributed by atoms with Crippen molar-refractivity contribution in [1.82, 2.24) is 4.90 Å². The van der Waals surface area contributed by atoms with Crippen molar-refractivity contribution < 1.29 is 14.8 Å². The molecule has 1 heterocycles. The third-order valence-electron chi connectivity index (χ3n) is 3.99. The van der Waals surface area contributed by atoms with Crippen LogP contribution in [0.4, 0.5) is 5.69 Å². The molecule has 1 saturated heterocycles. The number of piperidine rings is 1. The van der Waals surface area contributed by atoms with Crippen LogP contribution in [0.5, 0.6) is 0 Å². The van der Waals surface area contributed by atoms with Crippen LogP contribution in [0, 0.1) is 10.1 Å². The first-order valence-electron chi connectivity index (χ1n) is 7.25. The Labute approximate surface area is 123 Å². The van der Waals surface area contributed by atoms with Crippen LogP contribution >= 0.6 is 0 Å². The Bertz CT molecular complexity index is 501. The molecule has 1 atom stereocenters. The highest BCUT2D eigenvalue weighted by Gasteiger charge is 2.24. The van der Waals surface area contributed by atoms with Crippen molar-refractivity contribution >= 4 is 11.7 Å². The van der Waals surface area contributed by atoms with Gasteiger partial charge in [0, 0.05) is 24.7 Å². The second-order valence-corrected chi connectivity index (χ2v) is 5.46. The monoisotopic (exact) mass is 292 g/mol. The minimum absolute atomic E-state index is 0.0977. The molecule has 114 valence electrons. The zero-order valence-corrected chi connectivity index (χ0v) is 11.9. The second-order valence-electron chi connectivity index (χ2n) is 5.46. The average Bonchev–Trinajstić information content (AvgIpc) is 2.46. The smallest absolute Gasteiger partial charge is 0.304 e. The molecule has 1 aromatic rings. The maximum absolute atomic E-state index is 10.9. The Kier molecular flexibility index (Phi) is 5.27. The highest BCUT2D eigenvalue weighted by molar-refractivity contribution is 5.67. The first-order chi connectivity index (χ1) is 10.1. The highest BCUT2D eigenvalue weighted by Crippen LogP contribution is 2.20. The van der Waals surface area contributed by atoms with Crippen LogP contribution in [0.2, 0.25) is 0 Å². The average molecular weight is 292 g/mol. The van der Waals surface area contributed by atoms with Crippen LogP contribution < -0.4 is 0 Å². The van der Waals surface area contributed by atoms with E-state index in [1.807, 2.05) is 0 Å². The van der Waals surface area contributed by atoms with Gasteiger partial charge in [0.1, 0.15) is 0 Å². The molecule has 0 saturated carbocycles. The van der Waals surface area contributed by atoms with Gasteiger partial charge in [-0.2, -0.15) is 0 Å². The minimum atomic E-state index is -0.748. The quantitative estimate of drug-likeness (QED) is 0.643. The number of aliphatic carboxylic acids is 1. The van der Waals surface area contributed by atoms with Gasteiger partial charge in [-0.05, 0) is 31.4 Å². The largest absolute Gasteiger partial charge is 0.481 e. The van der Waals surface area contributed by atoms with Crippen LogP contribution in [0.3, 0.4) is 0 Å². The summed E-state index contributed by atoms with van der Waals surface area (Å²) < 4.78 is 0. The molecule has 0 aliphatic carbocycles. The van der Waals surface area contributed by atoms with Crippen molar-refractivity contribution in [2.24, 2.45) is 0 Å². The molecule has 1 aliphatic heterocycles. The van der Waals surface area contributed by atoms with E-state index in [1.165, 1.54) is 12.1 Å². The lowest BCUT2D eigenvalue weighted by Crippen LogP contribution is -2.41. The summed E-state index contributed by atoms with van der Waals surface area (Å²) in [4.78, 5) is 23.3. The Morgan fingerprint density at radius 1 is 1.33 bits per heavy atom. The van der Waals surface area contributed by atoms with E-state index in [1.54, 1.807) is 12.1 Å². The Morgan fingerprint density at radius 2 is 2.05 bits per heavy atom. The lowest BCUT2D eigenvalue weighted by Gasteiger charge is -2.34. The number of hydrogen-bond donors (Lipinski definition) is 1. The molecule has 1 aliphatic rings. The van der Waals surface area contributed by atoms with Crippen molar-refractivity contribution in [3.63, 3.8) is 0 Å². The van der Waals surface area contributed by atoms with Gasteiger partial charge in [0.05, 0.1) is 11.3 Å². The van der Waals surface area contributed by atoms with E-state index < -0.39 is 10.9 Å². The lowest BCUT2D eigenvalue weighted by molar-refractivity contribution is -0.384. The number of non-ortho nitro benzene ring substituents is 1. The maximum atomic E-state index is 10.9. The standard InChI is InChI=1S/C15H20N2O4/c18-15(19)11-14-3-1-2-9-16(14)10-8-12-4-6-13(7-5-12)17(20)21/h4-7,14H,1-3,8-11H2,(H,18,19). The van der Waals surface area contributed by atoms with Gasteiger partial charge in [-0.1, -0.05) is 18.6 Å². The fourth-order valence-electron chi connectivity index (χ4n) is 2.84. The summed E-state index contributed by atoms with van der Waals surface area (Å²) in [5.74, 6) is -0.748. The van der Waals surface area contributed by atoms with E-state index in [9.17, 15) is 14.9 Å². The number of likely N-dealkylation sites (tertiary alicyclic amines) is 1. The molecule has 0 aromatic heterocycles. The summed E-state index contributed by atoms with van der Waals surface area (Å²) in [5.41, 5.74) is 1.14. The van der Waals surface area contributed by atoms with Gasteiger partial charge in [0.15, 0.2) is 0 Å². The van der Waals surface area contributed by atoms with E-state index in [0.717, 1.165) is 44.3 Å². The van der Waals surface area contributed by atoms with E-state index in [2.05, 4.69) is 4.90 Å². The van der Waals surface area contributed by atoms with Gasteiger partial charge in [-0.15, -0.1) is 0 Å². The molecular formula is C15H20N2O4. The van der Waals surface area contributed by atoms with Gasteiger partial charge in [0.25, 0.3) is 5.69 Å². The molecule has 0 radical (unpaired) electrons. The molecular weight excluding hydrogens is 272 g/mol. The molecule has 1 aromatic carbocycles. The molecule has 6 nitrogen and oxygen atoms in total. The Hall–Kier alpha value is -1.95. The van der Waals surface area contributed by atoms with Gasteiger partial charge in [0.2, 0.25) is 0 Å². The normalized spacial score (nSPS) is 19.3. The predicted octanol–water partition coefficient (Wildman–Crippen LogP) is 2.47. The zero-order chi connectivity index (χ0) is 15.2. The third kappa shape index (κ3) is 4.53. The number of nitro benzene ring substituents is 1. The number of carboxylic acids is 1. The molecule has 0 bridgehead atoms. The van der Waals surface area contributed by atoms with Crippen LogP contribution in [0.1, 0.15) is 31.2 Å². The summed E-state index contributed by atoms with van der Waals surface area (Å²) in [6.07, 6.45) is 4.11. The fourth-order valence-corrected chi connectivity index (χ4v) is 2.84. The van der Waals surface area contributed by atoms with Gasteiger partial charge >= 0.3 is 5.97 Å². The first-order valence-corrected chi connectivity index (χ1v) is 7.25. The van der Waals surface area contributed by atoms with Crippen LogP contribution in [-0.4, -0.2) is 40.0 Å². The van der Waals surface area contributed by atoms with Gasteiger partial charge in [-0.25, -0.2) is 0 Å². The van der Waals surface area contributed by atoms with Crippen molar-refractivity contribution in [1.29, 1.82) is 0 Å². The Balaban J connectivity index is 1.90. The first kappa shape index (κ1) is 15.4. The van der Waals surface area contributed by atoms with Crippen molar-refractivity contribution in [2.45, 2.75) is 38.1 Å². The van der Waals surface area contributed by atoms with Crippen LogP contribution in [-0.2, 0) is 11.2 Å². The highest BCUT2D eigenvalue weighted by atomic mass is 16.6. The number of nitrogens with zero attached hydrogens (tertiary/aromatic N) is 2. The number of rotatable bonds is 6. The summed E-state index contributed by atoms with van der Waals surface area (Å²) in [5, 5.41) is 19.6. The molecule has 0 spiro atoms. The van der Waals surface area contributed by atoms with E-state index in [0.29, 0.717) is 0 Å². The maximum Gasteiger partial charge on any atom is 0.304 e. The molecule has 1 fully saturated rings. The number of benzene rings is 1. The van der Waals surface area contributed by atoms with E-state index in [4.69, 9.17) is 5.11 Å². The van der Waals surface area contributed by atoms with Crippen molar-refractivity contribution in [2.75, 3.05) is 13.1 Å².